The molecule has 2 heteroatoms. The first-order valence-electron chi connectivity index (χ1n) is 4.85. The molecule has 0 rings (SSSR count). The fourth-order valence-electron chi connectivity index (χ4n) is 0.558. The van der Waals surface area contributed by atoms with Gasteiger partial charge in [0.2, 0.25) is 0 Å². The number of ether oxygens (including phenoxy) is 1. The highest BCUT2D eigenvalue weighted by molar-refractivity contribution is 4.24. The lowest BCUT2D eigenvalue weighted by atomic mass is 10.3. The lowest BCUT2D eigenvalue weighted by Gasteiger charge is -1.86. The molecule has 0 spiro atoms. The molecule has 0 aromatic rings. The van der Waals surface area contributed by atoms with E-state index in [0.29, 0.717) is 0 Å². The predicted molar refractivity (Wildman–Crippen MR) is 55.5 cm³/mol. The Bertz CT molecular complexity index is 28.8. The highest BCUT2D eigenvalue weighted by Crippen LogP contribution is 1.88. The van der Waals surface area contributed by atoms with Gasteiger partial charge in [-0.1, -0.05) is 33.1 Å². The van der Waals surface area contributed by atoms with Crippen LogP contribution in [0.3, 0.4) is 0 Å². The summed E-state index contributed by atoms with van der Waals surface area (Å²) in [6.45, 7) is 10.1. The Morgan fingerprint density at radius 3 is 1.17 bits per heavy atom. The zero-order valence-electron chi connectivity index (χ0n) is 9.39. The van der Waals surface area contributed by atoms with Gasteiger partial charge >= 0.3 is 0 Å². The topological polar surface area (TPSA) is 29.5 Å². The first-order chi connectivity index (χ1) is 5.83. The molecular weight excluding hydrogens is 152 g/mol. The Kier molecular flexibility index (Phi) is 45.6. The summed E-state index contributed by atoms with van der Waals surface area (Å²) in [6, 6.07) is 0. The first kappa shape index (κ1) is 17.9. The third kappa shape index (κ3) is 51.4. The Hall–Kier alpha value is -0.0800. The van der Waals surface area contributed by atoms with Crippen LogP contribution in [-0.4, -0.2) is 25.4 Å². The van der Waals surface area contributed by atoms with Crippen LogP contribution < -0.4 is 0 Å². The van der Waals surface area contributed by atoms with Crippen molar-refractivity contribution in [1.82, 2.24) is 0 Å². The Labute approximate surface area is 77.9 Å². The highest BCUT2D eigenvalue weighted by atomic mass is 16.5. The summed E-state index contributed by atoms with van der Waals surface area (Å²) < 4.78 is 4.83. The monoisotopic (exact) mass is 178 g/mol. The number of rotatable bonds is 4. The van der Waals surface area contributed by atoms with Gasteiger partial charge in [0.25, 0.3) is 0 Å². The third-order valence-electron chi connectivity index (χ3n) is 1.12. The van der Waals surface area contributed by atoms with E-state index in [-0.39, 0.29) is 0 Å². The van der Waals surface area contributed by atoms with Crippen molar-refractivity contribution in [3.8, 4) is 0 Å². The molecule has 1 N–H and O–H groups in total. The van der Waals surface area contributed by atoms with Crippen molar-refractivity contribution in [2.45, 2.75) is 47.0 Å². The van der Waals surface area contributed by atoms with Gasteiger partial charge in [0.05, 0.1) is 0 Å². The minimum Gasteiger partial charge on any atom is -0.400 e. The number of aliphatic hydroxyl groups excluding tert-OH is 1. The average molecular weight is 178 g/mol. The van der Waals surface area contributed by atoms with E-state index in [4.69, 9.17) is 9.84 Å². The average Bonchev–Trinajstić information content (AvgIpc) is 2.12. The van der Waals surface area contributed by atoms with Crippen LogP contribution in [0.2, 0.25) is 0 Å². The highest BCUT2D eigenvalue weighted by Gasteiger charge is 1.68. The molecule has 12 heavy (non-hydrogen) atoms. The number of hydrogen-bond donors (Lipinski definition) is 1. The van der Waals surface area contributed by atoms with Crippen LogP contribution in [-0.2, 0) is 4.74 Å². The van der Waals surface area contributed by atoms with Crippen molar-refractivity contribution in [3.05, 3.63) is 0 Å². The van der Waals surface area contributed by atoms with E-state index in [2.05, 4.69) is 13.8 Å². The Morgan fingerprint density at radius 1 is 0.833 bits per heavy atom. The van der Waals surface area contributed by atoms with Gasteiger partial charge in [-0.05, 0) is 13.8 Å². The van der Waals surface area contributed by atoms with E-state index in [1.807, 2.05) is 13.8 Å². The van der Waals surface area contributed by atoms with E-state index in [0.717, 1.165) is 20.3 Å². The van der Waals surface area contributed by atoms with Gasteiger partial charge in [-0.3, -0.25) is 0 Å². The van der Waals surface area contributed by atoms with Crippen molar-refractivity contribution in [3.63, 3.8) is 0 Å². The Balaban J connectivity index is -0.000000112. The minimum atomic E-state index is 0.844. The second-order valence-electron chi connectivity index (χ2n) is 2.14. The molecule has 78 valence electrons. The maximum atomic E-state index is 7.00. The zero-order chi connectivity index (χ0) is 10.2. The summed E-state index contributed by atoms with van der Waals surface area (Å²) in [5.41, 5.74) is 0. The molecule has 2 nitrogen and oxygen atoms in total. The standard InChI is InChI=1S/C5H12.C4H10O.CH4O/c2*1-3-5-4-2;1-2/h3-5H2,1-2H3;3-4H2,1-2H3;2H,1H3. The van der Waals surface area contributed by atoms with Crippen LogP contribution in [0.4, 0.5) is 0 Å². The van der Waals surface area contributed by atoms with Gasteiger partial charge in [-0.15, -0.1) is 0 Å². The van der Waals surface area contributed by atoms with Crippen molar-refractivity contribution in [2.24, 2.45) is 0 Å². The summed E-state index contributed by atoms with van der Waals surface area (Å²) >= 11 is 0. The lowest BCUT2D eigenvalue weighted by Crippen LogP contribution is -1.84. The van der Waals surface area contributed by atoms with Crippen LogP contribution >= 0.6 is 0 Å². The minimum absolute atomic E-state index is 0.844. The van der Waals surface area contributed by atoms with Gasteiger partial charge < -0.3 is 9.84 Å². The van der Waals surface area contributed by atoms with Gasteiger partial charge in [-0.2, -0.15) is 0 Å². The molecule has 0 radical (unpaired) electrons. The molecular formula is C10H26O2. The van der Waals surface area contributed by atoms with Gasteiger partial charge in [0.15, 0.2) is 0 Å². The smallest absolute Gasteiger partial charge is 0.0437 e. The molecule has 0 aromatic heterocycles. The van der Waals surface area contributed by atoms with Gasteiger partial charge in [0, 0.05) is 20.3 Å². The summed E-state index contributed by atoms with van der Waals surface area (Å²) in [7, 11) is 1.00. The van der Waals surface area contributed by atoms with Crippen LogP contribution in [0.15, 0.2) is 0 Å². The van der Waals surface area contributed by atoms with Crippen molar-refractivity contribution in [1.29, 1.82) is 0 Å². The van der Waals surface area contributed by atoms with Crippen LogP contribution in [0.1, 0.15) is 47.0 Å². The Morgan fingerprint density at radius 2 is 1.17 bits per heavy atom. The molecule has 0 saturated carbocycles. The largest absolute Gasteiger partial charge is 0.400 e. The second-order valence-corrected chi connectivity index (χ2v) is 2.14. The fourth-order valence-corrected chi connectivity index (χ4v) is 0.558. The molecule has 0 fully saturated rings. The fraction of sp³-hybridized carbons (Fsp3) is 1.00. The number of hydrogen-bond acceptors (Lipinski definition) is 2. The molecule has 0 unspecified atom stereocenters. The molecule has 0 amide bonds. The summed E-state index contributed by atoms with van der Waals surface area (Å²) in [4.78, 5) is 0. The maximum absolute atomic E-state index is 7.00. The predicted octanol–water partition coefficient (Wildman–Crippen LogP) is 2.85. The number of unbranched alkanes of at least 4 members (excludes halogenated alkanes) is 2. The number of aliphatic hydroxyl groups is 1. The maximum Gasteiger partial charge on any atom is 0.0437 e. The van der Waals surface area contributed by atoms with Gasteiger partial charge in [0.1, 0.15) is 0 Å². The molecule has 0 heterocycles. The second kappa shape index (κ2) is 30.7. The van der Waals surface area contributed by atoms with Crippen LogP contribution in [0, 0.1) is 0 Å². The van der Waals surface area contributed by atoms with E-state index in [9.17, 15) is 0 Å². The molecule has 0 bridgehead atoms. The molecule has 0 aliphatic rings. The van der Waals surface area contributed by atoms with E-state index in [1.54, 1.807) is 0 Å². The first-order valence-corrected chi connectivity index (χ1v) is 4.85. The third-order valence-corrected chi connectivity index (χ3v) is 1.12. The van der Waals surface area contributed by atoms with E-state index < -0.39 is 0 Å². The van der Waals surface area contributed by atoms with Gasteiger partial charge in [-0.25, -0.2) is 0 Å². The SMILES string of the molecule is CCCCC.CCOCC.CO. The van der Waals surface area contributed by atoms with Crippen molar-refractivity contribution in [2.75, 3.05) is 20.3 Å². The quantitative estimate of drug-likeness (QED) is 0.717. The molecule has 0 aliphatic carbocycles. The zero-order valence-corrected chi connectivity index (χ0v) is 9.39. The molecule has 0 saturated heterocycles. The summed E-state index contributed by atoms with van der Waals surface area (Å²) in [5, 5.41) is 7.00. The normalized spacial score (nSPS) is 7.50. The van der Waals surface area contributed by atoms with Crippen LogP contribution in [0.5, 0.6) is 0 Å². The molecule has 0 aliphatic heterocycles. The molecule has 0 atom stereocenters. The van der Waals surface area contributed by atoms with E-state index in [1.165, 1.54) is 19.3 Å². The van der Waals surface area contributed by atoms with E-state index >= 15 is 0 Å². The summed E-state index contributed by atoms with van der Waals surface area (Å²) in [5.74, 6) is 0. The van der Waals surface area contributed by atoms with Crippen molar-refractivity contribution >= 4 is 0 Å². The molecule has 0 aromatic carbocycles. The van der Waals surface area contributed by atoms with Crippen LogP contribution in [0.25, 0.3) is 0 Å². The van der Waals surface area contributed by atoms with Crippen molar-refractivity contribution < 1.29 is 9.84 Å². The summed E-state index contributed by atoms with van der Waals surface area (Å²) in [6.07, 6.45) is 4.08. The lowest BCUT2D eigenvalue weighted by molar-refractivity contribution is 0.162.